The number of ketones is 1. The Balaban J connectivity index is 1.48. The number of hydrogen-bond donors (Lipinski definition) is 0. The molecule has 0 aromatic heterocycles. The largest absolute Gasteiger partial charge is 0.497 e. The molecule has 0 N–H and O–H groups in total. The van der Waals surface area contributed by atoms with Gasteiger partial charge in [0.2, 0.25) is 11.8 Å². The molecule has 3 aliphatic rings. The van der Waals surface area contributed by atoms with E-state index in [9.17, 15) is 18.8 Å². The van der Waals surface area contributed by atoms with E-state index in [0.29, 0.717) is 11.3 Å². The Hall–Kier alpha value is -4.26. The number of amides is 2. The molecule has 7 heteroatoms. The maximum Gasteiger partial charge on any atom is 0.240 e. The molecule has 3 aromatic rings. The third kappa shape index (κ3) is 3.11. The van der Waals surface area contributed by atoms with E-state index in [0.717, 1.165) is 16.0 Å². The van der Waals surface area contributed by atoms with Crippen LogP contribution in [0, 0.1) is 17.7 Å². The predicted molar refractivity (Wildman–Crippen MR) is 127 cm³/mol. The Morgan fingerprint density at radius 1 is 0.914 bits per heavy atom. The molecule has 2 amide bonds. The highest BCUT2D eigenvalue weighted by Gasteiger charge is 2.64. The maximum atomic E-state index is 14.0. The van der Waals surface area contributed by atoms with Gasteiger partial charge in [-0.2, -0.15) is 0 Å². The van der Waals surface area contributed by atoms with Crippen LogP contribution < -0.4 is 9.64 Å². The first kappa shape index (κ1) is 21.3. The lowest BCUT2D eigenvalue weighted by Crippen LogP contribution is -2.44. The molecule has 0 radical (unpaired) electrons. The van der Waals surface area contributed by atoms with E-state index < -0.39 is 41.6 Å². The molecular weight excluding hydrogens is 447 g/mol. The maximum absolute atomic E-state index is 14.0. The molecule has 174 valence electrons. The first-order chi connectivity index (χ1) is 17.0. The standard InChI is InChI=1S/C28H21FN2O4/c1-35-20-11-9-17(10-12-20)26(32)25-23-22(24-21-8-3-2-5-16(21)13-14-30(24)25)27(33)31(28(23)34)19-7-4-6-18(29)15-19/h2-15,22-25H,1H3. The Bertz CT molecular complexity index is 1400. The zero-order chi connectivity index (χ0) is 24.3. The summed E-state index contributed by atoms with van der Waals surface area (Å²) >= 11 is 0. The van der Waals surface area contributed by atoms with Gasteiger partial charge >= 0.3 is 0 Å². The molecule has 0 spiro atoms. The summed E-state index contributed by atoms with van der Waals surface area (Å²) in [6, 6.07) is 18.4. The van der Waals surface area contributed by atoms with Crippen LogP contribution in [0.15, 0.2) is 79.0 Å². The molecule has 4 unspecified atom stereocenters. The van der Waals surface area contributed by atoms with Gasteiger partial charge in [0.1, 0.15) is 17.6 Å². The van der Waals surface area contributed by atoms with E-state index >= 15 is 0 Å². The van der Waals surface area contributed by atoms with Gasteiger partial charge in [0.25, 0.3) is 0 Å². The number of fused-ring (bicyclic) bond motifs is 5. The number of benzene rings is 3. The molecule has 4 atom stereocenters. The lowest BCUT2D eigenvalue weighted by molar-refractivity contribution is -0.123. The van der Waals surface area contributed by atoms with Crippen molar-refractivity contribution in [1.82, 2.24) is 4.90 Å². The number of rotatable bonds is 4. The Morgan fingerprint density at radius 2 is 1.66 bits per heavy atom. The van der Waals surface area contributed by atoms with E-state index in [1.54, 1.807) is 31.4 Å². The highest BCUT2D eigenvalue weighted by molar-refractivity contribution is 6.24. The van der Waals surface area contributed by atoms with Crippen molar-refractivity contribution in [3.05, 3.63) is 102 Å². The number of imide groups is 1. The Labute approximate surface area is 201 Å². The molecule has 3 aliphatic heterocycles. The average Bonchev–Trinajstić information content (AvgIpc) is 3.36. The van der Waals surface area contributed by atoms with Crippen molar-refractivity contribution in [2.45, 2.75) is 12.1 Å². The SMILES string of the molecule is COc1ccc(C(=O)C2C3C(=O)N(c4cccc(F)c4)C(=O)C3C3c4ccccc4C=CN23)cc1. The van der Waals surface area contributed by atoms with E-state index in [1.807, 2.05) is 41.4 Å². The van der Waals surface area contributed by atoms with Crippen LogP contribution in [0.5, 0.6) is 5.75 Å². The zero-order valence-electron chi connectivity index (χ0n) is 18.8. The lowest BCUT2D eigenvalue weighted by Gasteiger charge is -2.35. The molecule has 2 saturated heterocycles. The van der Waals surface area contributed by atoms with Crippen molar-refractivity contribution in [3.8, 4) is 5.75 Å². The quantitative estimate of drug-likeness (QED) is 0.424. The number of hydrogen-bond acceptors (Lipinski definition) is 5. The number of nitrogens with zero attached hydrogens (tertiary/aromatic N) is 2. The van der Waals surface area contributed by atoms with Gasteiger partial charge in [0.15, 0.2) is 5.78 Å². The minimum Gasteiger partial charge on any atom is -0.497 e. The minimum atomic E-state index is -0.902. The second-order valence-corrected chi connectivity index (χ2v) is 8.92. The van der Waals surface area contributed by atoms with Crippen molar-refractivity contribution in [3.63, 3.8) is 0 Å². The third-order valence-electron chi connectivity index (χ3n) is 7.17. The number of carbonyl (C=O) groups is 3. The Morgan fingerprint density at radius 3 is 2.40 bits per heavy atom. The van der Waals surface area contributed by atoms with Gasteiger partial charge in [-0.05, 0) is 59.7 Å². The van der Waals surface area contributed by atoms with Gasteiger partial charge in [0, 0.05) is 11.8 Å². The fourth-order valence-corrected chi connectivity index (χ4v) is 5.65. The van der Waals surface area contributed by atoms with Crippen molar-refractivity contribution in [2.75, 3.05) is 12.0 Å². The normalized spacial score (nSPS) is 24.3. The van der Waals surface area contributed by atoms with Crippen LogP contribution in [0.1, 0.15) is 27.5 Å². The van der Waals surface area contributed by atoms with Crippen LogP contribution in [0.3, 0.4) is 0 Å². The molecule has 2 fully saturated rings. The smallest absolute Gasteiger partial charge is 0.240 e. The van der Waals surface area contributed by atoms with E-state index in [4.69, 9.17) is 4.74 Å². The molecule has 3 heterocycles. The minimum absolute atomic E-state index is 0.177. The second-order valence-electron chi connectivity index (χ2n) is 8.92. The fraction of sp³-hybridized carbons (Fsp3) is 0.179. The van der Waals surface area contributed by atoms with Crippen LogP contribution in [-0.4, -0.2) is 35.6 Å². The van der Waals surface area contributed by atoms with Gasteiger partial charge in [-0.25, -0.2) is 9.29 Å². The summed E-state index contributed by atoms with van der Waals surface area (Å²) < 4.78 is 19.2. The summed E-state index contributed by atoms with van der Waals surface area (Å²) in [5.74, 6) is -2.77. The third-order valence-corrected chi connectivity index (χ3v) is 7.17. The first-order valence-corrected chi connectivity index (χ1v) is 11.4. The van der Waals surface area contributed by atoms with Crippen LogP contribution in [0.2, 0.25) is 0 Å². The van der Waals surface area contributed by atoms with Crippen molar-refractivity contribution >= 4 is 29.4 Å². The number of Topliss-reactive ketones (excluding diaryl/α,β-unsaturated/α-hetero) is 1. The second kappa shape index (κ2) is 7.91. The molecule has 6 nitrogen and oxygen atoms in total. The first-order valence-electron chi connectivity index (χ1n) is 11.4. The number of halogens is 1. The van der Waals surface area contributed by atoms with E-state index in [1.165, 1.54) is 24.3 Å². The van der Waals surface area contributed by atoms with E-state index in [2.05, 4.69) is 0 Å². The van der Waals surface area contributed by atoms with Crippen LogP contribution >= 0.6 is 0 Å². The van der Waals surface area contributed by atoms with Gasteiger partial charge in [-0.15, -0.1) is 0 Å². The highest BCUT2D eigenvalue weighted by Crippen LogP contribution is 2.53. The highest BCUT2D eigenvalue weighted by atomic mass is 19.1. The molecule has 6 rings (SSSR count). The number of carbonyl (C=O) groups excluding carboxylic acids is 3. The number of anilines is 1. The topological polar surface area (TPSA) is 66.9 Å². The van der Waals surface area contributed by atoms with Crippen LogP contribution in [0.25, 0.3) is 6.08 Å². The summed E-state index contributed by atoms with van der Waals surface area (Å²) in [5, 5.41) is 0. The van der Waals surface area contributed by atoms with Crippen molar-refractivity contribution in [2.24, 2.45) is 11.8 Å². The predicted octanol–water partition coefficient (Wildman–Crippen LogP) is 4.23. The summed E-state index contributed by atoms with van der Waals surface area (Å²) in [5.41, 5.74) is 2.43. The van der Waals surface area contributed by atoms with Crippen molar-refractivity contribution in [1.29, 1.82) is 0 Å². The molecule has 3 aromatic carbocycles. The average molecular weight is 468 g/mol. The van der Waals surface area contributed by atoms with Crippen molar-refractivity contribution < 1.29 is 23.5 Å². The molecule has 0 bridgehead atoms. The zero-order valence-corrected chi connectivity index (χ0v) is 18.8. The number of methoxy groups -OCH3 is 1. The van der Waals surface area contributed by atoms with Crippen LogP contribution in [-0.2, 0) is 9.59 Å². The summed E-state index contributed by atoms with van der Waals surface area (Å²) in [6.07, 6.45) is 3.71. The lowest BCUT2D eigenvalue weighted by atomic mass is 9.83. The Kier molecular flexibility index (Phi) is 4.81. The fourth-order valence-electron chi connectivity index (χ4n) is 5.65. The van der Waals surface area contributed by atoms with Gasteiger partial charge < -0.3 is 9.64 Å². The summed E-state index contributed by atoms with van der Waals surface area (Å²) in [7, 11) is 1.54. The summed E-state index contributed by atoms with van der Waals surface area (Å²) in [6.45, 7) is 0. The molecule has 0 aliphatic carbocycles. The molecular formula is C28H21FN2O4. The monoisotopic (exact) mass is 468 g/mol. The number of ether oxygens (including phenoxy) is 1. The van der Waals surface area contributed by atoms with E-state index in [-0.39, 0.29) is 11.5 Å². The molecule has 0 saturated carbocycles. The van der Waals surface area contributed by atoms with Crippen LogP contribution in [0.4, 0.5) is 10.1 Å². The van der Waals surface area contributed by atoms with Gasteiger partial charge in [-0.1, -0.05) is 30.3 Å². The van der Waals surface area contributed by atoms with Gasteiger partial charge in [0.05, 0.1) is 30.7 Å². The van der Waals surface area contributed by atoms with Gasteiger partial charge in [-0.3, -0.25) is 14.4 Å². The summed E-state index contributed by atoms with van der Waals surface area (Å²) in [4.78, 5) is 44.3. The molecule has 35 heavy (non-hydrogen) atoms.